The summed E-state index contributed by atoms with van der Waals surface area (Å²) in [7, 11) is 0. The van der Waals surface area contributed by atoms with Crippen molar-refractivity contribution in [1.82, 2.24) is 5.32 Å². The number of rotatable bonds is 4. The van der Waals surface area contributed by atoms with E-state index in [0.717, 1.165) is 18.3 Å². The van der Waals surface area contributed by atoms with Gasteiger partial charge in [-0.3, -0.25) is 0 Å². The summed E-state index contributed by atoms with van der Waals surface area (Å²) in [5, 5.41) is 3.79. The van der Waals surface area contributed by atoms with Crippen LogP contribution in [0.3, 0.4) is 0 Å². The van der Waals surface area contributed by atoms with Crippen LogP contribution in [-0.2, 0) is 6.54 Å². The van der Waals surface area contributed by atoms with E-state index in [2.05, 4.69) is 45.1 Å². The molecule has 20 heavy (non-hydrogen) atoms. The number of benzene rings is 1. The Morgan fingerprint density at radius 1 is 1.15 bits per heavy atom. The van der Waals surface area contributed by atoms with Gasteiger partial charge in [0.1, 0.15) is 0 Å². The second-order valence-corrected chi connectivity index (χ2v) is 7.09. The molecule has 1 nitrogen and oxygen atoms in total. The molecule has 1 aliphatic carbocycles. The van der Waals surface area contributed by atoms with Crippen molar-refractivity contribution in [2.24, 2.45) is 5.92 Å². The molecule has 0 saturated heterocycles. The minimum Gasteiger partial charge on any atom is -0.306 e. The fraction of sp³-hybridized carbons (Fsp3) is 0.667. The molecule has 0 radical (unpaired) electrons. The molecule has 1 aromatic carbocycles. The smallest absolute Gasteiger partial charge is 0.0406 e. The lowest BCUT2D eigenvalue weighted by atomic mass is 9.78. The third-order valence-electron chi connectivity index (χ3n) is 4.97. The highest BCUT2D eigenvalue weighted by molar-refractivity contribution is 6.18. The summed E-state index contributed by atoms with van der Waals surface area (Å²) >= 11 is 6.29. The molecule has 1 saturated carbocycles. The zero-order valence-corrected chi connectivity index (χ0v) is 14.1. The van der Waals surface area contributed by atoms with Crippen LogP contribution in [0.5, 0.6) is 0 Å². The van der Waals surface area contributed by atoms with Gasteiger partial charge in [-0.25, -0.2) is 0 Å². The standard InChI is InChI=1S/C18H28ClN/c1-13-5-7-18(12-19,8-6-13)20-11-17-15(3)9-14(2)10-16(17)4/h9-10,13,20H,5-8,11-12H2,1-4H3. The van der Waals surface area contributed by atoms with Crippen molar-refractivity contribution in [2.45, 2.75) is 65.5 Å². The van der Waals surface area contributed by atoms with Crippen molar-refractivity contribution in [2.75, 3.05) is 5.88 Å². The lowest BCUT2D eigenvalue weighted by molar-refractivity contribution is 0.216. The first-order valence-electron chi connectivity index (χ1n) is 7.83. The van der Waals surface area contributed by atoms with Gasteiger partial charge in [0.05, 0.1) is 0 Å². The van der Waals surface area contributed by atoms with Crippen LogP contribution in [0.15, 0.2) is 12.1 Å². The van der Waals surface area contributed by atoms with E-state index in [9.17, 15) is 0 Å². The van der Waals surface area contributed by atoms with Crippen LogP contribution in [0.1, 0.15) is 54.9 Å². The number of halogens is 1. The largest absolute Gasteiger partial charge is 0.306 e. The minimum absolute atomic E-state index is 0.151. The normalized spacial score (nSPS) is 26.8. The summed E-state index contributed by atoms with van der Waals surface area (Å²) in [6.45, 7) is 9.89. The van der Waals surface area contributed by atoms with Crippen LogP contribution in [0.25, 0.3) is 0 Å². The fourth-order valence-electron chi connectivity index (χ4n) is 3.44. The first-order chi connectivity index (χ1) is 9.46. The molecule has 2 heteroatoms. The number of hydrogen-bond acceptors (Lipinski definition) is 1. The maximum Gasteiger partial charge on any atom is 0.0406 e. The predicted molar refractivity (Wildman–Crippen MR) is 88.6 cm³/mol. The number of nitrogens with one attached hydrogen (secondary N) is 1. The maximum atomic E-state index is 6.29. The van der Waals surface area contributed by atoms with E-state index in [1.807, 2.05) is 0 Å². The highest BCUT2D eigenvalue weighted by Gasteiger charge is 2.32. The molecule has 1 fully saturated rings. The Balaban J connectivity index is 2.07. The molecular weight excluding hydrogens is 266 g/mol. The van der Waals surface area contributed by atoms with Crippen LogP contribution < -0.4 is 5.32 Å². The molecule has 0 aliphatic heterocycles. The highest BCUT2D eigenvalue weighted by Crippen LogP contribution is 2.33. The monoisotopic (exact) mass is 293 g/mol. The molecule has 0 spiro atoms. The number of alkyl halides is 1. The Kier molecular flexibility index (Phi) is 5.14. The first-order valence-corrected chi connectivity index (χ1v) is 8.37. The Hall–Kier alpha value is -0.530. The van der Waals surface area contributed by atoms with Gasteiger partial charge in [0.25, 0.3) is 0 Å². The molecule has 112 valence electrons. The SMILES string of the molecule is Cc1cc(C)c(CNC2(CCl)CCC(C)CC2)c(C)c1. The Bertz CT molecular complexity index is 435. The summed E-state index contributed by atoms with van der Waals surface area (Å²) in [6.07, 6.45) is 5.01. The molecule has 0 unspecified atom stereocenters. The maximum absolute atomic E-state index is 6.29. The van der Waals surface area contributed by atoms with Gasteiger partial charge < -0.3 is 5.32 Å². The van der Waals surface area contributed by atoms with Crippen LogP contribution in [-0.4, -0.2) is 11.4 Å². The van der Waals surface area contributed by atoms with Crippen molar-refractivity contribution in [3.05, 3.63) is 34.4 Å². The van der Waals surface area contributed by atoms with E-state index in [-0.39, 0.29) is 5.54 Å². The van der Waals surface area contributed by atoms with Crippen molar-refractivity contribution in [1.29, 1.82) is 0 Å². The highest BCUT2D eigenvalue weighted by atomic mass is 35.5. The van der Waals surface area contributed by atoms with E-state index < -0.39 is 0 Å². The van der Waals surface area contributed by atoms with Crippen LogP contribution in [0, 0.1) is 26.7 Å². The zero-order chi connectivity index (χ0) is 14.8. The van der Waals surface area contributed by atoms with Gasteiger partial charge in [-0.1, -0.05) is 24.6 Å². The average molecular weight is 294 g/mol. The predicted octanol–water partition coefficient (Wildman–Crippen LogP) is 4.89. The molecular formula is C18H28ClN. The summed E-state index contributed by atoms with van der Waals surface area (Å²) in [6, 6.07) is 4.56. The molecule has 0 bridgehead atoms. The number of aryl methyl sites for hydroxylation is 3. The van der Waals surface area contributed by atoms with Gasteiger partial charge in [-0.05, 0) is 69.1 Å². The second kappa shape index (κ2) is 6.49. The fourth-order valence-corrected chi connectivity index (χ4v) is 3.80. The molecule has 2 rings (SSSR count). The quantitative estimate of drug-likeness (QED) is 0.780. The van der Waals surface area contributed by atoms with Crippen LogP contribution in [0.2, 0.25) is 0 Å². The summed E-state index contributed by atoms with van der Waals surface area (Å²) in [4.78, 5) is 0. The van der Waals surface area contributed by atoms with E-state index in [1.165, 1.54) is 47.9 Å². The molecule has 0 heterocycles. The summed E-state index contributed by atoms with van der Waals surface area (Å²) in [5.74, 6) is 1.58. The zero-order valence-electron chi connectivity index (χ0n) is 13.4. The van der Waals surface area contributed by atoms with Gasteiger partial charge in [-0.2, -0.15) is 0 Å². The number of hydrogen-bond donors (Lipinski definition) is 1. The van der Waals surface area contributed by atoms with Gasteiger partial charge in [-0.15, -0.1) is 11.6 Å². The van der Waals surface area contributed by atoms with E-state index >= 15 is 0 Å². The lowest BCUT2D eigenvalue weighted by Gasteiger charge is -2.39. The molecule has 1 N–H and O–H groups in total. The van der Waals surface area contributed by atoms with E-state index in [1.54, 1.807) is 0 Å². The first kappa shape index (κ1) is 15.9. The third-order valence-corrected chi connectivity index (χ3v) is 5.48. The summed E-state index contributed by atoms with van der Waals surface area (Å²) < 4.78 is 0. The molecule has 1 aliphatic rings. The van der Waals surface area contributed by atoms with Crippen molar-refractivity contribution >= 4 is 11.6 Å². The van der Waals surface area contributed by atoms with Crippen molar-refractivity contribution in [3.63, 3.8) is 0 Å². The topological polar surface area (TPSA) is 12.0 Å². The van der Waals surface area contributed by atoms with Crippen LogP contribution >= 0.6 is 11.6 Å². The molecule has 0 aromatic heterocycles. The van der Waals surface area contributed by atoms with E-state index in [0.29, 0.717) is 0 Å². The Morgan fingerprint density at radius 3 is 2.20 bits per heavy atom. The Morgan fingerprint density at radius 2 is 1.70 bits per heavy atom. The van der Waals surface area contributed by atoms with Gasteiger partial charge >= 0.3 is 0 Å². The van der Waals surface area contributed by atoms with Gasteiger partial charge in [0.2, 0.25) is 0 Å². The van der Waals surface area contributed by atoms with Gasteiger partial charge in [0.15, 0.2) is 0 Å². The summed E-state index contributed by atoms with van der Waals surface area (Å²) in [5.41, 5.74) is 5.73. The minimum atomic E-state index is 0.151. The molecule has 0 amide bonds. The third kappa shape index (κ3) is 3.56. The van der Waals surface area contributed by atoms with Crippen molar-refractivity contribution < 1.29 is 0 Å². The molecule has 1 aromatic rings. The molecule has 0 atom stereocenters. The Labute approximate surface area is 129 Å². The van der Waals surface area contributed by atoms with Crippen LogP contribution in [0.4, 0.5) is 0 Å². The van der Waals surface area contributed by atoms with Gasteiger partial charge in [0, 0.05) is 18.0 Å². The second-order valence-electron chi connectivity index (χ2n) is 6.83. The lowest BCUT2D eigenvalue weighted by Crippen LogP contribution is -2.49. The van der Waals surface area contributed by atoms with E-state index in [4.69, 9.17) is 11.6 Å². The van der Waals surface area contributed by atoms with Crippen molar-refractivity contribution in [3.8, 4) is 0 Å². The average Bonchev–Trinajstić information content (AvgIpc) is 2.40.